The number of alkyl carbamates (subject to hydrolysis) is 1. The number of fused-ring (bicyclic) bond motifs is 1. The maximum atomic E-state index is 14.1. The fourth-order valence-electron chi connectivity index (χ4n) is 7.05. The smallest absolute Gasteiger partial charge is 0.407 e. The Bertz CT molecular complexity index is 1640. The van der Waals surface area contributed by atoms with Gasteiger partial charge in [0.15, 0.2) is 0 Å². The number of hydrogen-bond acceptors (Lipinski definition) is 7. The monoisotopic (exact) mass is 678 g/mol. The number of ether oxygens (including phenoxy) is 3. The summed E-state index contributed by atoms with van der Waals surface area (Å²) in [7, 11) is 1.59. The van der Waals surface area contributed by atoms with Crippen LogP contribution >= 0.6 is 0 Å². The number of anilines is 1. The molecule has 1 saturated heterocycles. The first-order chi connectivity index (χ1) is 23.4. The summed E-state index contributed by atoms with van der Waals surface area (Å²) in [5.74, 6) is -0.847. The van der Waals surface area contributed by atoms with Gasteiger partial charge in [-0.3, -0.25) is 9.59 Å². The van der Waals surface area contributed by atoms with E-state index >= 15 is 0 Å². The minimum atomic E-state index is -0.761. The van der Waals surface area contributed by atoms with Crippen molar-refractivity contribution in [3.63, 3.8) is 0 Å². The van der Waals surface area contributed by atoms with Gasteiger partial charge in [0.05, 0.1) is 19.8 Å². The largest absolute Gasteiger partial charge is 0.497 e. The van der Waals surface area contributed by atoms with Gasteiger partial charge in [-0.2, -0.15) is 0 Å². The number of carbonyl (C=O) groups is 4. The molecule has 11 nitrogen and oxygen atoms in total. The number of H-pyrrole nitrogens is 1. The molecule has 1 saturated carbocycles. The van der Waals surface area contributed by atoms with Crippen molar-refractivity contribution in [3.8, 4) is 5.75 Å². The summed E-state index contributed by atoms with van der Waals surface area (Å²) in [5.41, 5.74) is 1.82. The van der Waals surface area contributed by atoms with Crippen molar-refractivity contribution in [2.24, 2.45) is 11.8 Å². The van der Waals surface area contributed by atoms with Crippen LogP contribution in [0, 0.1) is 11.8 Å². The van der Waals surface area contributed by atoms with Crippen molar-refractivity contribution in [2.75, 3.05) is 32.3 Å². The summed E-state index contributed by atoms with van der Waals surface area (Å²) in [6.07, 6.45) is 2.14. The highest BCUT2D eigenvalue weighted by molar-refractivity contribution is 6.01. The summed E-state index contributed by atoms with van der Waals surface area (Å²) < 4.78 is 29.8. The van der Waals surface area contributed by atoms with Crippen LogP contribution in [0.5, 0.6) is 5.75 Å². The SMILES string of the molecule is CCOC(=O)c1cc2cc(NC(=O)[C@@H]3[C@@H](c4ccc(OC)cc4)CCN3C(=O)C3CCC(C(CF)NC(=O)OC(C)(C)C)CC3)ccc2[nH]1. The van der Waals surface area contributed by atoms with Gasteiger partial charge in [-0.15, -0.1) is 0 Å². The van der Waals surface area contributed by atoms with Crippen molar-refractivity contribution in [1.29, 1.82) is 0 Å². The summed E-state index contributed by atoms with van der Waals surface area (Å²) >= 11 is 0. The van der Waals surface area contributed by atoms with E-state index in [4.69, 9.17) is 14.2 Å². The number of rotatable bonds is 10. The van der Waals surface area contributed by atoms with Crippen LogP contribution in [0.3, 0.4) is 0 Å². The molecule has 0 spiro atoms. The van der Waals surface area contributed by atoms with Crippen LogP contribution < -0.4 is 15.4 Å². The molecule has 0 radical (unpaired) electrons. The predicted octanol–water partition coefficient (Wildman–Crippen LogP) is 6.35. The van der Waals surface area contributed by atoms with E-state index in [9.17, 15) is 23.6 Å². The van der Waals surface area contributed by atoms with E-state index in [1.54, 1.807) is 64.0 Å². The Morgan fingerprint density at radius 2 is 1.71 bits per heavy atom. The summed E-state index contributed by atoms with van der Waals surface area (Å²) in [6.45, 7) is 6.95. The highest BCUT2D eigenvalue weighted by Gasteiger charge is 2.45. The van der Waals surface area contributed by atoms with Gasteiger partial charge >= 0.3 is 12.1 Å². The second-order valence-corrected chi connectivity index (χ2v) is 13.9. The van der Waals surface area contributed by atoms with Crippen LogP contribution in [0.1, 0.15) is 81.8 Å². The number of esters is 1. The van der Waals surface area contributed by atoms with Gasteiger partial charge in [-0.05, 0) is 108 Å². The third-order valence-electron chi connectivity index (χ3n) is 9.44. The van der Waals surface area contributed by atoms with Gasteiger partial charge in [0, 0.05) is 35.0 Å². The number of likely N-dealkylation sites (tertiary alicyclic amines) is 1. The fraction of sp³-hybridized carbons (Fsp3) is 0.514. The lowest BCUT2D eigenvalue weighted by molar-refractivity contribution is -0.141. The molecule has 1 aromatic heterocycles. The van der Waals surface area contributed by atoms with Gasteiger partial charge in [-0.1, -0.05) is 12.1 Å². The lowest BCUT2D eigenvalue weighted by Crippen LogP contribution is -2.49. The predicted molar refractivity (Wildman–Crippen MR) is 183 cm³/mol. The normalized spacial score (nSPS) is 21.6. The Kier molecular flexibility index (Phi) is 11.1. The molecular weight excluding hydrogens is 631 g/mol. The average Bonchev–Trinajstić information content (AvgIpc) is 3.71. The van der Waals surface area contributed by atoms with Gasteiger partial charge in [0.1, 0.15) is 29.8 Å². The summed E-state index contributed by atoms with van der Waals surface area (Å²) in [6, 6.07) is 13.1. The van der Waals surface area contributed by atoms with E-state index in [1.807, 2.05) is 24.3 Å². The molecule has 3 N–H and O–H groups in total. The molecule has 264 valence electrons. The minimum absolute atomic E-state index is 0.0910. The highest BCUT2D eigenvalue weighted by atomic mass is 19.1. The molecule has 3 atom stereocenters. The number of amides is 3. The standard InChI is InChI=1S/C37H47FN4O7/c1-6-48-35(45)30-20-25-19-26(13-16-29(25)40-30)39-33(43)32-28(22-11-14-27(47-5)15-12-22)17-18-42(32)34(44)24-9-7-23(8-10-24)31(21-38)41-36(46)49-37(2,3)4/h11-16,19-20,23-24,28,31-32,40H,6-10,17-18,21H2,1-5H3,(H,39,43)(H,41,46)/t23?,24?,28-,31?,32+/m1/s1. The van der Waals surface area contributed by atoms with Gasteiger partial charge in [0.25, 0.3) is 0 Å². The van der Waals surface area contributed by atoms with E-state index in [-0.39, 0.29) is 36.2 Å². The zero-order chi connectivity index (χ0) is 35.3. The number of methoxy groups -OCH3 is 1. The van der Waals surface area contributed by atoms with Crippen LogP contribution in [0.25, 0.3) is 10.9 Å². The van der Waals surface area contributed by atoms with Crippen molar-refractivity contribution in [3.05, 3.63) is 59.8 Å². The number of carbonyl (C=O) groups excluding carboxylic acids is 4. The first kappa shape index (κ1) is 35.7. The molecule has 12 heteroatoms. The molecule has 49 heavy (non-hydrogen) atoms. The van der Waals surface area contributed by atoms with Gasteiger partial charge < -0.3 is 34.7 Å². The molecule has 5 rings (SSSR count). The van der Waals surface area contributed by atoms with Crippen LogP contribution in [-0.4, -0.2) is 78.4 Å². The number of aromatic nitrogens is 1. The minimum Gasteiger partial charge on any atom is -0.497 e. The van der Waals surface area contributed by atoms with E-state index in [0.717, 1.165) is 16.5 Å². The fourth-order valence-corrected chi connectivity index (χ4v) is 7.05. The highest BCUT2D eigenvalue weighted by Crippen LogP contribution is 2.39. The number of hydrogen-bond donors (Lipinski definition) is 3. The van der Waals surface area contributed by atoms with E-state index in [1.165, 1.54) is 0 Å². The number of aromatic amines is 1. The Labute approximate surface area is 286 Å². The van der Waals surface area contributed by atoms with Crippen molar-refractivity contribution < 1.29 is 37.8 Å². The second kappa shape index (κ2) is 15.3. The number of halogens is 1. The van der Waals surface area contributed by atoms with Crippen molar-refractivity contribution in [1.82, 2.24) is 15.2 Å². The quantitative estimate of drug-likeness (QED) is 0.213. The topological polar surface area (TPSA) is 139 Å². The molecule has 2 fully saturated rings. The number of nitrogens with one attached hydrogen (secondary N) is 3. The summed E-state index contributed by atoms with van der Waals surface area (Å²) in [5, 5.41) is 6.44. The molecule has 1 unspecified atom stereocenters. The van der Waals surface area contributed by atoms with Crippen LogP contribution in [0.4, 0.5) is 14.9 Å². The van der Waals surface area contributed by atoms with E-state index in [0.29, 0.717) is 55.8 Å². The average molecular weight is 679 g/mol. The lowest BCUT2D eigenvalue weighted by atomic mass is 9.78. The molecule has 2 aromatic carbocycles. The van der Waals surface area contributed by atoms with Crippen molar-refractivity contribution in [2.45, 2.75) is 83.4 Å². The van der Waals surface area contributed by atoms with Gasteiger partial charge in [0.2, 0.25) is 11.8 Å². The first-order valence-corrected chi connectivity index (χ1v) is 17.0. The van der Waals surface area contributed by atoms with Crippen LogP contribution in [0.15, 0.2) is 48.5 Å². The Morgan fingerprint density at radius 1 is 1.00 bits per heavy atom. The Hall–Kier alpha value is -4.61. The third-order valence-corrected chi connectivity index (χ3v) is 9.44. The van der Waals surface area contributed by atoms with E-state index < -0.39 is 36.4 Å². The molecule has 0 bridgehead atoms. The Balaban J connectivity index is 1.31. The maximum absolute atomic E-state index is 14.1. The number of nitrogens with zero attached hydrogens (tertiary/aromatic N) is 1. The molecule has 1 aliphatic carbocycles. The number of alkyl halides is 1. The van der Waals surface area contributed by atoms with Crippen LogP contribution in [0.2, 0.25) is 0 Å². The van der Waals surface area contributed by atoms with Crippen molar-refractivity contribution >= 4 is 40.5 Å². The molecule has 1 aliphatic heterocycles. The lowest BCUT2D eigenvalue weighted by Gasteiger charge is -2.36. The summed E-state index contributed by atoms with van der Waals surface area (Å²) in [4.78, 5) is 57.6. The third kappa shape index (κ3) is 8.52. The molecule has 3 aromatic rings. The molecular formula is C37H47FN4O7. The second-order valence-electron chi connectivity index (χ2n) is 13.9. The first-order valence-electron chi connectivity index (χ1n) is 17.0. The maximum Gasteiger partial charge on any atom is 0.407 e. The number of benzene rings is 2. The molecule has 2 aliphatic rings. The Morgan fingerprint density at radius 3 is 2.35 bits per heavy atom. The van der Waals surface area contributed by atoms with Gasteiger partial charge in [-0.25, -0.2) is 14.0 Å². The molecule has 3 amide bonds. The van der Waals surface area contributed by atoms with E-state index in [2.05, 4.69) is 15.6 Å². The zero-order valence-corrected chi connectivity index (χ0v) is 28.8. The molecule has 2 heterocycles. The zero-order valence-electron chi connectivity index (χ0n) is 28.8. The van der Waals surface area contributed by atoms with Crippen LogP contribution in [-0.2, 0) is 19.1 Å².